The Balaban J connectivity index is 1.64. The summed E-state index contributed by atoms with van der Waals surface area (Å²) in [6, 6.07) is 9.17. The normalized spacial score (nSPS) is 15.6. The number of carbonyl (C=O) groups is 2. The number of halogens is 2. The number of carboxylic acids is 1. The molecule has 1 amide bonds. The van der Waals surface area contributed by atoms with Gasteiger partial charge in [0, 0.05) is 24.8 Å². The number of aromatic nitrogens is 1. The van der Waals surface area contributed by atoms with Crippen molar-refractivity contribution in [2.45, 2.75) is 45.3 Å². The van der Waals surface area contributed by atoms with Gasteiger partial charge in [-0.05, 0) is 63.4 Å². The highest BCUT2D eigenvalue weighted by atomic mass is 19.1. The Hall–Kier alpha value is -4.39. The van der Waals surface area contributed by atoms with Crippen molar-refractivity contribution in [1.29, 1.82) is 0 Å². The van der Waals surface area contributed by atoms with Crippen molar-refractivity contribution in [3.8, 4) is 22.6 Å². The molecule has 1 aliphatic heterocycles. The SMILES string of the molecule is [C-]#[N+]c1c(-c2ccc(Oc3c(F)cccc3F)cc2)cn([C@@H]2CCCN(C(=O)OC(C)(C)C)C2)c1C(=O)O. The highest BCUT2D eigenvalue weighted by Crippen LogP contribution is 2.40. The summed E-state index contributed by atoms with van der Waals surface area (Å²) in [4.78, 5) is 30.0. The van der Waals surface area contributed by atoms with Gasteiger partial charge in [0.1, 0.15) is 17.0 Å². The van der Waals surface area contributed by atoms with Gasteiger partial charge in [-0.1, -0.05) is 18.2 Å². The van der Waals surface area contributed by atoms with Crippen molar-refractivity contribution in [3.05, 3.63) is 77.4 Å². The lowest BCUT2D eigenvalue weighted by Gasteiger charge is -2.35. The standard InChI is InChI=1S/C28H27F2N3O5/c1-28(2,3)38-27(36)32-14-6-7-18(15-32)33-16-20(23(31-4)24(33)26(34)35)17-10-12-19(13-11-17)37-25-21(29)8-5-9-22(25)30/h5,8-13,16,18H,6-7,14-15H2,1-3H3,(H,34,35)/t18-/m1/s1. The second-order valence-electron chi connectivity index (χ2n) is 9.96. The van der Waals surface area contributed by atoms with Crippen LogP contribution in [0.3, 0.4) is 0 Å². The predicted molar refractivity (Wildman–Crippen MR) is 136 cm³/mol. The number of hydrogen-bond donors (Lipinski definition) is 1. The molecule has 8 nitrogen and oxygen atoms in total. The summed E-state index contributed by atoms with van der Waals surface area (Å²) in [6.07, 6.45) is 2.39. The van der Waals surface area contributed by atoms with E-state index in [4.69, 9.17) is 16.0 Å². The lowest BCUT2D eigenvalue weighted by atomic mass is 10.1. The molecule has 38 heavy (non-hydrogen) atoms. The van der Waals surface area contributed by atoms with Crippen molar-refractivity contribution < 1.29 is 33.0 Å². The fraction of sp³-hybridized carbons (Fsp3) is 0.321. The minimum absolute atomic E-state index is 0.0410. The first-order valence-electron chi connectivity index (χ1n) is 12.0. The molecule has 3 aromatic rings. The van der Waals surface area contributed by atoms with Gasteiger partial charge >= 0.3 is 12.1 Å². The molecule has 0 unspecified atom stereocenters. The van der Waals surface area contributed by atoms with Crippen molar-refractivity contribution in [2.24, 2.45) is 0 Å². The van der Waals surface area contributed by atoms with Gasteiger partial charge in [-0.2, -0.15) is 0 Å². The second-order valence-corrected chi connectivity index (χ2v) is 9.96. The van der Waals surface area contributed by atoms with Crippen molar-refractivity contribution in [1.82, 2.24) is 9.47 Å². The van der Waals surface area contributed by atoms with Crippen LogP contribution in [0.1, 0.15) is 50.1 Å². The molecule has 1 fully saturated rings. The maximum Gasteiger partial charge on any atom is 0.410 e. The quantitative estimate of drug-likeness (QED) is 0.362. The molecular formula is C28H27F2N3O5. The van der Waals surface area contributed by atoms with Gasteiger partial charge in [-0.15, -0.1) is 0 Å². The van der Waals surface area contributed by atoms with Crippen LogP contribution in [0.15, 0.2) is 48.7 Å². The third kappa shape index (κ3) is 5.62. The molecule has 0 aliphatic carbocycles. The van der Waals surface area contributed by atoms with Crippen molar-refractivity contribution in [3.63, 3.8) is 0 Å². The second kappa shape index (κ2) is 10.5. The zero-order valence-electron chi connectivity index (χ0n) is 21.2. The Kier molecular flexibility index (Phi) is 7.39. The van der Waals surface area contributed by atoms with Gasteiger partial charge in [-0.25, -0.2) is 23.2 Å². The fourth-order valence-corrected chi connectivity index (χ4v) is 4.41. The third-order valence-electron chi connectivity index (χ3n) is 6.07. The first-order valence-corrected chi connectivity index (χ1v) is 12.0. The van der Waals surface area contributed by atoms with E-state index in [2.05, 4.69) is 4.85 Å². The first-order chi connectivity index (χ1) is 18.0. The highest BCUT2D eigenvalue weighted by molar-refractivity contribution is 5.99. The van der Waals surface area contributed by atoms with E-state index in [1.54, 1.807) is 48.6 Å². The molecule has 4 rings (SSSR count). The van der Waals surface area contributed by atoms with Gasteiger partial charge in [0.2, 0.25) is 5.69 Å². The highest BCUT2D eigenvalue weighted by Gasteiger charge is 2.32. The summed E-state index contributed by atoms with van der Waals surface area (Å²) in [5.41, 5.74) is 0.0385. The fourth-order valence-electron chi connectivity index (χ4n) is 4.41. The van der Waals surface area contributed by atoms with E-state index in [0.717, 1.165) is 12.1 Å². The minimum atomic E-state index is -1.26. The van der Waals surface area contributed by atoms with E-state index >= 15 is 0 Å². The Labute approximate surface area is 218 Å². The molecule has 10 heteroatoms. The molecule has 1 aromatic heterocycles. The maximum absolute atomic E-state index is 13.9. The van der Waals surface area contributed by atoms with Crippen LogP contribution >= 0.6 is 0 Å². The molecule has 0 radical (unpaired) electrons. The Morgan fingerprint density at radius 1 is 1.11 bits per heavy atom. The molecule has 0 spiro atoms. The van der Waals surface area contributed by atoms with Crippen LogP contribution in [-0.2, 0) is 4.74 Å². The summed E-state index contributed by atoms with van der Waals surface area (Å²) in [7, 11) is 0. The molecule has 0 bridgehead atoms. The number of ether oxygens (including phenoxy) is 2. The Bertz CT molecular complexity index is 1380. The number of rotatable bonds is 5. The zero-order chi connectivity index (χ0) is 27.6. The average molecular weight is 524 g/mol. The molecule has 198 valence electrons. The number of hydrogen-bond acceptors (Lipinski definition) is 4. The van der Waals surface area contributed by atoms with Gasteiger partial charge in [-0.3, -0.25) is 0 Å². The summed E-state index contributed by atoms with van der Waals surface area (Å²) in [6.45, 7) is 13.7. The van der Waals surface area contributed by atoms with Crippen molar-refractivity contribution >= 4 is 17.7 Å². The summed E-state index contributed by atoms with van der Waals surface area (Å²) in [5, 5.41) is 10.00. The Morgan fingerprint density at radius 3 is 2.34 bits per heavy atom. The van der Waals surface area contributed by atoms with Crippen LogP contribution in [-0.4, -0.2) is 45.3 Å². The molecule has 0 saturated carbocycles. The van der Waals surface area contributed by atoms with Crippen molar-refractivity contribution in [2.75, 3.05) is 13.1 Å². The largest absolute Gasteiger partial charge is 0.478 e. The molecule has 2 aromatic carbocycles. The number of benzene rings is 2. The molecule has 2 heterocycles. The van der Waals surface area contributed by atoms with Crippen LogP contribution < -0.4 is 4.74 Å². The number of amides is 1. The van der Waals surface area contributed by atoms with Crippen LogP contribution in [0.25, 0.3) is 16.0 Å². The van der Waals surface area contributed by atoms with Crippen LogP contribution in [0.2, 0.25) is 0 Å². The lowest BCUT2D eigenvalue weighted by Crippen LogP contribution is -2.43. The number of aromatic carboxylic acids is 1. The number of nitrogens with zero attached hydrogens (tertiary/aromatic N) is 3. The number of carboxylic acid groups (broad SMARTS) is 1. The lowest BCUT2D eigenvalue weighted by molar-refractivity contribution is 0.0172. The molecule has 1 atom stereocenters. The summed E-state index contributed by atoms with van der Waals surface area (Å²) >= 11 is 0. The number of para-hydroxylation sites is 1. The van der Waals surface area contributed by atoms with E-state index in [1.165, 1.54) is 18.2 Å². The van der Waals surface area contributed by atoms with Gasteiger partial charge in [0.05, 0.1) is 12.6 Å². The van der Waals surface area contributed by atoms with Crippen LogP contribution in [0.4, 0.5) is 19.3 Å². The first kappa shape index (κ1) is 26.7. The number of carbonyl (C=O) groups excluding carboxylic acids is 1. The number of likely N-dealkylation sites (tertiary alicyclic amines) is 1. The Morgan fingerprint density at radius 2 is 1.76 bits per heavy atom. The van der Waals surface area contributed by atoms with E-state index in [-0.39, 0.29) is 29.7 Å². The molecule has 1 aliphatic rings. The van der Waals surface area contributed by atoms with Gasteiger partial charge in [0.15, 0.2) is 17.4 Å². The minimum Gasteiger partial charge on any atom is -0.478 e. The molecular weight excluding hydrogens is 496 g/mol. The predicted octanol–water partition coefficient (Wildman–Crippen LogP) is 7.05. The van der Waals surface area contributed by atoms with Gasteiger partial charge in [0.25, 0.3) is 0 Å². The van der Waals surface area contributed by atoms with E-state index in [0.29, 0.717) is 30.5 Å². The maximum atomic E-state index is 13.9. The van der Waals surface area contributed by atoms with E-state index in [1.807, 2.05) is 0 Å². The average Bonchev–Trinajstić information content (AvgIpc) is 3.26. The number of piperidine rings is 1. The summed E-state index contributed by atoms with van der Waals surface area (Å²) < 4.78 is 40.3. The smallest absolute Gasteiger partial charge is 0.410 e. The van der Waals surface area contributed by atoms with E-state index < -0.39 is 35.0 Å². The third-order valence-corrected chi connectivity index (χ3v) is 6.07. The molecule has 1 N–H and O–H groups in total. The van der Waals surface area contributed by atoms with Gasteiger partial charge < -0.3 is 24.0 Å². The zero-order valence-corrected chi connectivity index (χ0v) is 21.2. The molecule has 1 saturated heterocycles. The van der Waals surface area contributed by atoms with E-state index in [9.17, 15) is 23.5 Å². The topological polar surface area (TPSA) is 85.4 Å². The monoisotopic (exact) mass is 523 g/mol. The van der Waals surface area contributed by atoms with Crippen LogP contribution in [0.5, 0.6) is 11.5 Å². The summed E-state index contributed by atoms with van der Waals surface area (Å²) in [5.74, 6) is -3.32. The van der Waals surface area contributed by atoms with Crippen LogP contribution in [0, 0.1) is 18.2 Å².